The minimum atomic E-state index is -0.975. The number of unbranched alkanes of at least 4 members (excludes halogenated alkanes) is 1. The lowest BCUT2D eigenvalue weighted by Crippen LogP contribution is -2.08. The molecule has 0 aliphatic carbocycles. The average molecular weight is 239 g/mol. The number of ether oxygens (including phenoxy) is 1. The molecule has 1 aromatic rings. The van der Waals surface area contributed by atoms with E-state index in [1.165, 1.54) is 13.2 Å². The fourth-order valence-corrected chi connectivity index (χ4v) is 1.44. The monoisotopic (exact) mass is 239 g/mol. The highest BCUT2D eigenvalue weighted by Crippen LogP contribution is 2.22. The van der Waals surface area contributed by atoms with Crippen LogP contribution in [0.5, 0.6) is 5.75 Å². The topological polar surface area (TPSA) is 78.8 Å². The van der Waals surface area contributed by atoms with E-state index in [-0.39, 0.29) is 12.2 Å². The Morgan fingerprint density at radius 3 is 2.76 bits per heavy atom. The zero-order valence-electron chi connectivity index (χ0n) is 9.77. The molecule has 5 heteroatoms. The van der Waals surface area contributed by atoms with Gasteiger partial charge >= 0.3 is 5.97 Å². The maximum atomic E-state index is 11.0. The first-order chi connectivity index (χ1) is 8.19. The number of anilines is 1. The highest BCUT2D eigenvalue weighted by atomic mass is 16.5. The molecule has 0 bridgehead atoms. The zero-order chi connectivity index (χ0) is 12.7. The number of hydrogen-bond donors (Lipinski definition) is 3. The molecule has 0 saturated carbocycles. The average Bonchev–Trinajstić information content (AvgIpc) is 2.34. The fraction of sp³-hybridized carbons (Fsp3) is 0.417. The molecule has 0 unspecified atom stereocenters. The molecule has 94 valence electrons. The third-order valence-electron chi connectivity index (χ3n) is 2.36. The van der Waals surface area contributed by atoms with E-state index in [0.29, 0.717) is 24.4 Å². The SMILES string of the molecule is COc1ccc(C(=O)O)c(NCCCCO)c1. The van der Waals surface area contributed by atoms with E-state index in [2.05, 4.69) is 5.32 Å². The molecule has 0 aliphatic heterocycles. The Bertz CT molecular complexity index is 379. The Hall–Kier alpha value is -1.75. The van der Waals surface area contributed by atoms with Crippen LogP contribution >= 0.6 is 0 Å². The fourth-order valence-electron chi connectivity index (χ4n) is 1.44. The first-order valence-electron chi connectivity index (χ1n) is 5.45. The number of benzene rings is 1. The number of methoxy groups -OCH3 is 1. The number of aromatic carboxylic acids is 1. The molecule has 1 rings (SSSR count). The van der Waals surface area contributed by atoms with E-state index in [1.807, 2.05) is 0 Å². The van der Waals surface area contributed by atoms with Crippen molar-refractivity contribution in [3.63, 3.8) is 0 Å². The summed E-state index contributed by atoms with van der Waals surface area (Å²) >= 11 is 0. The van der Waals surface area contributed by atoms with Crippen molar-refractivity contribution >= 4 is 11.7 Å². The molecule has 3 N–H and O–H groups in total. The smallest absolute Gasteiger partial charge is 0.337 e. The van der Waals surface area contributed by atoms with Gasteiger partial charge in [-0.05, 0) is 25.0 Å². The quantitative estimate of drug-likeness (QED) is 0.629. The van der Waals surface area contributed by atoms with Crippen molar-refractivity contribution in [2.24, 2.45) is 0 Å². The lowest BCUT2D eigenvalue weighted by atomic mass is 10.1. The van der Waals surface area contributed by atoms with Crippen LogP contribution in [0.3, 0.4) is 0 Å². The van der Waals surface area contributed by atoms with E-state index in [0.717, 1.165) is 6.42 Å². The van der Waals surface area contributed by atoms with Crippen molar-refractivity contribution in [1.29, 1.82) is 0 Å². The van der Waals surface area contributed by atoms with Gasteiger partial charge in [0.2, 0.25) is 0 Å². The second-order valence-corrected chi connectivity index (χ2v) is 3.57. The molecule has 0 fully saturated rings. The van der Waals surface area contributed by atoms with Crippen LogP contribution in [0.25, 0.3) is 0 Å². The maximum absolute atomic E-state index is 11.0. The van der Waals surface area contributed by atoms with Crippen LogP contribution in [0.1, 0.15) is 23.2 Å². The summed E-state index contributed by atoms with van der Waals surface area (Å²) in [5.74, 6) is -0.364. The number of carboxylic acids is 1. The minimum absolute atomic E-state index is 0.144. The Morgan fingerprint density at radius 1 is 1.41 bits per heavy atom. The summed E-state index contributed by atoms with van der Waals surface area (Å²) in [6, 6.07) is 4.78. The summed E-state index contributed by atoms with van der Waals surface area (Å²) in [6.45, 7) is 0.763. The molecule has 0 heterocycles. The van der Waals surface area contributed by atoms with Crippen molar-refractivity contribution in [2.75, 3.05) is 25.6 Å². The van der Waals surface area contributed by atoms with E-state index in [9.17, 15) is 4.79 Å². The third kappa shape index (κ3) is 3.96. The van der Waals surface area contributed by atoms with Crippen molar-refractivity contribution < 1.29 is 19.7 Å². The summed E-state index contributed by atoms with van der Waals surface area (Å²) in [5, 5.41) is 20.7. The lowest BCUT2D eigenvalue weighted by molar-refractivity contribution is 0.0698. The van der Waals surface area contributed by atoms with Crippen molar-refractivity contribution in [2.45, 2.75) is 12.8 Å². The summed E-state index contributed by atoms with van der Waals surface area (Å²) in [7, 11) is 1.53. The predicted molar refractivity (Wildman–Crippen MR) is 64.8 cm³/mol. The lowest BCUT2D eigenvalue weighted by Gasteiger charge is -2.10. The molecule has 0 aromatic heterocycles. The summed E-state index contributed by atoms with van der Waals surface area (Å²) in [5.41, 5.74) is 0.754. The molecule has 0 amide bonds. The number of aliphatic hydroxyl groups excluding tert-OH is 1. The molecule has 0 spiro atoms. The highest BCUT2D eigenvalue weighted by Gasteiger charge is 2.10. The van der Waals surface area contributed by atoms with Gasteiger partial charge < -0.3 is 20.3 Å². The summed E-state index contributed by atoms with van der Waals surface area (Å²) < 4.78 is 5.04. The molecule has 0 radical (unpaired) electrons. The second-order valence-electron chi connectivity index (χ2n) is 3.57. The van der Waals surface area contributed by atoms with Crippen LogP contribution in [-0.2, 0) is 0 Å². The van der Waals surface area contributed by atoms with Gasteiger partial charge in [0.1, 0.15) is 5.75 Å². The van der Waals surface area contributed by atoms with Gasteiger partial charge in [-0.15, -0.1) is 0 Å². The Morgan fingerprint density at radius 2 is 2.18 bits per heavy atom. The van der Waals surface area contributed by atoms with Crippen molar-refractivity contribution in [1.82, 2.24) is 0 Å². The molecule has 17 heavy (non-hydrogen) atoms. The number of aliphatic hydroxyl groups is 1. The molecule has 0 saturated heterocycles. The predicted octanol–water partition coefficient (Wildman–Crippen LogP) is 1.58. The van der Waals surface area contributed by atoms with Gasteiger partial charge in [0.25, 0.3) is 0 Å². The maximum Gasteiger partial charge on any atom is 0.337 e. The van der Waals surface area contributed by atoms with Crippen LogP contribution in [-0.4, -0.2) is 36.4 Å². The molecule has 5 nitrogen and oxygen atoms in total. The number of rotatable bonds is 7. The Balaban J connectivity index is 2.75. The van der Waals surface area contributed by atoms with Gasteiger partial charge in [0, 0.05) is 19.2 Å². The van der Waals surface area contributed by atoms with Gasteiger partial charge in [-0.1, -0.05) is 0 Å². The van der Waals surface area contributed by atoms with Crippen LogP contribution in [0.2, 0.25) is 0 Å². The number of carboxylic acid groups (broad SMARTS) is 1. The van der Waals surface area contributed by atoms with Gasteiger partial charge in [0.15, 0.2) is 0 Å². The minimum Gasteiger partial charge on any atom is -0.497 e. The van der Waals surface area contributed by atoms with Crippen molar-refractivity contribution in [3.8, 4) is 5.75 Å². The first kappa shape index (κ1) is 13.3. The largest absolute Gasteiger partial charge is 0.497 e. The summed E-state index contributed by atoms with van der Waals surface area (Å²) in [4.78, 5) is 11.0. The van der Waals surface area contributed by atoms with Crippen LogP contribution in [0.15, 0.2) is 18.2 Å². The van der Waals surface area contributed by atoms with Crippen LogP contribution < -0.4 is 10.1 Å². The number of nitrogens with one attached hydrogen (secondary N) is 1. The molecular formula is C12H17NO4. The van der Waals surface area contributed by atoms with Gasteiger partial charge in [-0.25, -0.2) is 4.79 Å². The summed E-state index contributed by atoms with van der Waals surface area (Å²) in [6.07, 6.45) is 1.48. The van der Waals surface area contributed by atoms with Crippen molar-refractivity contribution in [3.05, 3.63) is 23.8 Å². The standard InChI is InChI=1S/C12H17NO4/c1-17-9-4-5-10(12(15)16)11(8-9)13-6-2-3-7-14/h4-5,8,13-14H,2-3,6-7H2,1H3,(H,15,16). The van der Waals surface area contributed by atoms with E-state index in [4.69, 9.17) is 14.9 Å². The van der Waals surface area contributed by atoms with Gasteiger partial charge in [-0.2, -0.15) is 0 Å². The van der Waals surface area contributed by atoms with E-state index in [1.54, 1.807) is 12.1 Å². The molecular weight excluding hydrogens is 222 g/mol. The highest BCUT2D eigenvalue weighted by molar-refractivity contribution is 5.94. The molecule has 0 atom stereocenters. The van der Waals surface area contributed by atoms with Crippen LogP contribution in [0.4, 0.5) is 5.69 Å². The normalized spacial score (nSPS) is 10.0. The van der Waals surface area contributed by atoms with E-state index >= 15 is 0 Å². The zero-order valence-corrected chi connectivity index (χ0v) is 9.77. The van der Waals surface area contributed by atoms with Gasteiger partial charge in [0.05, 0.1) is 18.4 Å². The molecule has 0 aliphatic rings. The Labute approximate surface area is 100 Å². The Kier molecular flexibility index (Phi) is 5.29. The van der Waals surface area contributed by atoms with Crippen LogP contribution in [0, 0.1) is 0 Å². The van der Waals surface area contributed by atoms with Gasteiger partial charge in [-0.3, -0.25) is 0 Å². The second kappa shape index (κ2) is 6.75. The number of carbonyl (C=O) groups is 1. The third-order valence-corrected chi connectivity index (χ3v) is 2.36. The molecule has 1 aromatic carbocycles. The number of hydrogen-bond acceptors (Lipinski definition) is 4. The first-order valence-corrected chi connectivity index (χ1v) is 5.45. The van der Waals surface area contributed by atoms with E-state index < -0.39 is 5.97 Å².